The SMILES string of the molecule is Cc1oc2cc3oc(=O)c(CC(=O)NCCCC(=O)[O-])c(C)c3cc2c1-c1ccccc1. The van der Waals surface area contributed by atoms with E-state index in [0.717, 1.165) is 27.7 Å². The molecular weight excluding hydrogens is 410 g/mol. The summed E-state index contributed by atoms with van der Waals surface area (Å²) in [5, 5.41) is 14.7. The number of hydrogen-bond acceptors (Lipinski definition) is 6. The highest BCUT2D eigenvalue weighted by Gasteiger charge is 2.19. The molecule has 0 bridgehead atoms. The molecule has 4 aromatic rings. The van der Waals surface area contributed by atoms with Gasteiger partial charge in [-0.25, -0.2) is 4.79 Å². The number of amides is 1. The van der Waals surface area contributed by atoms with E-state index in [0.29, 0.717) is 16.7 Å². The molecule has 0 aliphatic rings. The van der Waals surface area contributed by atoms with E-state index < -0.39 is 11.6 Å². The number of carboxylic acid groups (broad SMARTS) is 1. The highest BCUT2D eigenvalue weighted by Crippen LogP contribution is 2.37. The van der Waals surface area contributed by atoms with Gasteiger partial charge in [0.15, 0.2) is 0 Å². The van der Waals surface area contributed by atoms with Crippen LogP contribution in [0.25, 0.3) is 33.1 Å². The molecule has 2 heterocycles. The van der Waals surface area contributed by atoms with Gasteiger partial charge in [0.25, 0.3) is 0 Å². The Morgan fingerprint density at radius 2 is 1.72 bits per heavy atom. The molecule has 2 aromatic carbocycles. The first-order chi connectivity index (χ1) is 15.3. The number of rotatable bonds is 7. The van der Waals surface area contributed by atoms with Crippen LogP contribution in [0.15, 0.2) is 56.1 Å². The number of aliphatic carboxylic acids is 1. The van der Waals surface area contributed by atoms with Crippen molar-refractivity contribution in [2.75, 3.05) is 6.54 Å². The molecule has 0 atom stereocenters. The van der Waals surface area contributed by atoms with Crippen molar-refractivity contribution in [2.45, 2.75) is 33.1 Å². The maximum atomic E-state index is 12.6. The van der Waals surface area contributed by atoms with Crippen LogP contribution < -0.4 is 16.0 Å². The molecule has 1 amide bonds. The molecule has 2 aromatic heterocycles. The Labute approximate surface area is 183 Å². The van der Waals surface area contributed by atoms with Crippen molar-refractivity contribution in [1.82, 2.24) is 5.32 Å². The lowest BCUT2D eigenvalue weighted by atomic mass is 9.98. The van der Waals surface area contributed by atoms with Gasteiger partial charge in [-0.05, 0) is 43.9 Å². The minimum atomic E-state index is -1.17. The first-order valence-electron chi connectivity index (χ1n) is 10.4. The largest absolute Gasteiger partial charge is 0.550 e. The second-order valence-corrected chi connectivity index (χ2v) is 7.74. The molecule has 0 spiro atoms. The van der Waals surface area contributed by atoms with Crippen LogP contribution in [-0.4, -0.2) is 18.4 Å². The number of aryl methyl sites for hydroxylation is 2. The summed E-state index contributed by atoms with van der Waals surface area (Å²) < 4.78 is 11.4. The van der Waals surface area contributed by atoms with Gasteiger partial charge in [-0.2, -0.15) is 0 Å². The maximum Gasteiger partial charge on any atom is 0.340 e. The summed E-state index contributed by atoms with van der Waals surface area (Å²) in [6.07, 6.45) is -0.0236. The monoisotopic (exact) mass is 432 g/mol. The number of furan rings is 1. The van der Waals surface area contributed by atoms with Crippen LogP contribution in [0, 0.1) is 13.8 Å². The molecular formula is C25H22NO6-. The highest BCUT2D eigenvalue weighted by atomic mass is 16.4. The summed E-state index contributed by atoms with van der Waals surface area (Å²) in [5.74, 6) is -0.776. The van der Waals surface area contributed by atoms with Crippen LogP contribution in [0.1, 0.15) is 29.7 Å². The Bertz CT molecular complexity index is 1380. The lowest BCUT2D eigenvalue weighted by molar-refractivity contribution is -0.305. The van der Waals surface area contributed by atoms with Crippen LogP contribution in [0.4, 0.5) is 0 Å². The van der Waals surface area contributed by atoms with E-state index in [1.54, 1.807) is 13.0 Å². The zero-order valence-corrected chi connectivity index (χ0v) is 17.8. The standard InChI is InChI=1S/C25H23NO6/c1-14-17-11-19-21(31-15(2)24(19)16-7-4-3-5-8-16)13-20(17)32-25(30)18(14)12-22(27)26-10-6-9-23(28)29/h3-5,7-8,11,13H,6,9-10,12H2,1-2H3,(H,26,27)(H,28,29)/p-1. The fraction of sp³-hybridized carbons (Fsp3) is 0.240. The predicted octanol–water partition coefficient (Wildman–Crippen LogP) is 3.01. The average Bonchev–Trinajstić information content (AvgIpc) is 3.08. The topological polar surface area (TPSA) is 113 Å². The van der Waals surface area contributed by atoms with Gasteiger partial charge in [0, 0.05) is 34.9 Å². The molecule has 1 N–H and O–H groups in total. The number of hydrogen-bond donors (Lipinski definition) is 1. The van der Waals surface area contributed by atoms with Crippen molar-refractivity contribution in [3.05, 3.63) is 69.8 Å². The number of carboxylic acids is 1. The average molecular weight is 432 g/mol. The molecule has 164 valence electrons. The molecule has 0 aliphatic carbocycles. The second kappa shape index (κ2) is 8.70. The summed E-state index contributed by atoms with van der Waals surface area (Å²) in [6.45, 7) is 3.88. The Morgan fingerprint density at radius 1 is 1.00 bits per heavy atom. The van der Waals surface area contributed by atoms with Crippen molar-refractivity contribution in [2.24, 2.45) is 0 Å². The quantitative estimate of drug-likeness (QED) is 0.355. The third-order valence-electron chi connectivity index (χ3n) is 5.55. The van der Waals surface area contributed by atoms with Gasteiger partial charge in [-0.3, -0.25) is 4.79 Å². The highest BCUT2D eigenvalue weighted by molar-refractivity contribution is 6.03. The Hall–Kier alpha value is -3.87. The molecule has 0 saturated carbocycles. The first-order valence-corrected chi connectivity index (χ1v) is 10.4. The van der Waals surface area contributed by atoms with Crippen LogP contribution in [0.3, 0.4) is 0 Å². The van der Waals surface area contributed by atoms with E-state index in [1.165, 1.54) is 0 Å². The summed E-state index contributed by atoms with van der Waals surface area (Å²) in [5.41, 5.74) is 3.37. The summed E-state index contributed by atoms with van der Waals surface area (Å²) >= 11 is 0. The Morgan fingerprint density at radius 3 is 2.44 bits per heavy atom. The van der Waals surface area contributed by atoms with Gasteiger partial charge in [0.2, 0.25) is 5.91 Å². The van der Waals surface area contributed by atoms with Gasteiger partial charge < -0.3 is 24.1 Å². The van der Waals surface area contributed by atoms with E-state index >= 15 is 0 Å². The maximum absolute atomic E-state index is 12.6. The number of carbonyl (C=O) groups is 2. The van der Waals surface area contributed by atoms with Crippen LogP contribution in [0.5, 0.6) is 0 Å². The zero-order chi connectivity index (χ0) is 22.8. The number of fused-ring (bicyclic) bond motifs is 2. The van der Waals surface area contributed by atoms with Gasteiger partial charge in [-0.15, -0.1) is 0 Å². The predicted molar refractivity (Wildman–Crippen MR) is 118 cm³/mol. The number of benzene rings is 2. The second-order valence-electron chi connectivity index (χ2n) is 7.74. The molecule has 0 unspecified atom stereocenters. The van der Waals surface area contributed by atoms with E-state index in [-0.39, 0.29) is 37.3 Å². The van der Waals surface area contributed by atoms with Gasteiger partial charge in [-0.1, -0.05) is 30.3 Å². The molecule has 32 heavy (non-hydrogen) atoms. The van der Waals surface area contributed by atoms with Gasteiger partial charge >= 0.3 is 5.63 Å². The lowest BCUT2D eigenvalue weighted by Crippen LogP contribution is -2.30. The number of carbonyl (C=O) groups excluding carboxylic acids is 2. The third-order valence-corrected chi connectivity index (χ3v) is 5.55. The molecule has 0 radical (unpaired) electrons. The van der Waals surface area contributed by atoms with Crippen LogP contribution in [-0.2, 0) is 16.0 Å². The molecule has 7 nitrogen and oxygen atoms in total. The van der Waals surface area contributed by atoms with Gasteiger partial charge in [0.1, 0.15) is 16.9 Å². The summed E-state index contributed by atoms with van der Waals surface area (Å²) in [7, 11) is 0. The van der Waals surface area contributed by atoms with Crippen molar-refractivity contribution in [1.29, 1.82) is 0 Å². The lowest BCUT2D eigenvalue weighted by Gasteiger charge is -2.09. The Balaban J connectivity index is 1.72. The van der Waals surface area contributed by atoms with Crippen LogP contribution in [0.2, 0.25) is 0 Å². The van der Waals surface area contributed by atoms with E-state index in [1.807, 2.05) is 43.3 Å². The van der Waals surface area contributed by atoms with Crippen molar-refractivity contribution in [3.63, 3.8) is 0 Å². The van der Waals surface area contributed by atoms with E-state index in [2.05, 4.69) is 5.32 Å². The molecule has 0 fully saturated rings. The van der Waals surface area contributed by atoms with Crippen molar-refractivity contribution < 1.29 is 23.5 Å². The summed E-state index contributed by atoms with van der Waals surface area (Å²) in [6, 6.07) is 13.5. The number of nitrogens with one attached hydrogen (secondary N) is 1. The van der Waals surface area contributed by atoms with E-state index in [4.69, 9.17) is 8.83 Å². The fourth-order valence-electron chi connectivity index (χ4n) is 3.95. The summed E-state index contributed by atoms with van der Waals surface area (Å²) in [4.78, 5) is 35.3. The van der Waals surface area contributed by atoms with Gasteiger partial charge in [0.05, 0.1) is 12.0 Å². The van der Waals surface area contributed by atoms with Crippen molar-refractivity contribution in [3.8, 4) is 11.1 Å². The smallest absolute Gasteiger partial charge is 0.340 e. The normalized spacial score (nSPS) is 11.2. The van der Waals surface area contributed by atoms with Crippen LogP contribution >= 0.6 is 0 Å². The minimum absolute atomic E-state index is 0.138. The fourth-order valence-corrected chi connectivity index (χ4v) is 3.95. The molecule has 4 rings (SSSR count). The molecule has 0 aliphatic heterocycles. The van der Waals surface area contributed by atoms with E-state index in [9.17, 15) is 19.5 Å². The molecule has 0 saturated heterocycles. The Kier molecular flexibility index (Phi) is 5.81. The first kappa shape index (κ1) is 21.4. The molecule has 7 heteroatoms. The van der Waals surface area contributed by atoms with Crippen molar-refractivity contribution >= 4 is 33.8 Å². The third kappa shape index (κ3) is 4.14. The minimum Gasteiger partial charge on any atom is -0.550 e. The zero-order valence-electron chi connectivity index (χ0n) is 17.8.